The fraction of sp³-hybridized carbons (Fsp3) is 0.529. The highest BCUT2D eigenvalue weighted by Gasteiger charge is 2.27. The predicted molar refractivity (Wildman–Crippen MR) is 92.6 cm³/mol. The third-order valence-electron chi connectivity index (χ3n) is 4.15. The summed E-state index contributed by atoms with van der Waals surface area (Å²) in [6.45, 7) is 4.49. The number of nitrogens with one attached hydrogen (secondary N) is 1. The Morgan fingerprint density at radius 3 is 2.36 bits per heavy atom. The first-order valence-electron chi connectivity index (χ1n) is 8.41. The van der Waals surface area contributed by atoms with Crippen molar-refractivity contribution in [1.29, 1.82) is 0 Å². The van der Waals surface area contributed by atoms with Gasteiger partial charge in [-0.15, -0.1) is 0 Å². The summed E-state index contributed by atoms with van der Waals surface area (Å²) in [6.07, 6.45) is 2.51. The molecule has 1 aromatic carbocycles. The van der Waals surface area contributed by atoms with Gasteiger partial charge < -0.3 is 10.1 Å². The number of carbonyl (C=O) groups is 2. The van der Waals surface area contributed by atoms with Crippen LogP contribution in [-0.4, -0.2) is 50.3 Å². The van der Waals surface area contributed by atoms with Crippen LogP contribution in [0.1, 0.15) is 43.5 Å². The zero-order valence-corrected chi connectivity index (χ0v) is 15.3. The minimum absolute atomic E-state index is 0.0151. The molecule has 0 aliphatic carbocycles. The van der Waals surface area contributed by atoms with Gasteiger partial charge in [-0.3, -0.25) is 4.79 Å². The molecule has 1 aliphatic rings. The van der Waals surface area contributed by atoms with Crippen LogP contribution in [0.15, 0.2) is 29.2 Å². The molecule has 7 nitrogen and oxygen atoms in total. The molecule has 0 aromatic heterocycles. The lowest BCUT2D eigenvalue weighted by Gasteiger charge is -2.15. The largest absolute Gasteiger partial charge is 0.452 e. The Labute approximate surface area is 148 Å². The SMILES string of the molecule is CC[C@@H](C)NC(=O)COC(=O)c1ccc(S(=O)(=O)N2CCCC2)cc1. The third-order valence-corrected chi connectivity index (χ3v) is 6.06. The fourth-order valence-corrected chi connectivity index (χ4v) is 3.99. The Morgan fingerprint density at radius 2 is 1.80 bits per heavy atom. The highest BCUT2D eigenvalue weighted by molar-refractivity contribution is 7.89. The summed E-state index contributed by atoms with van der Waals surface area (Å²) in [5.74, 6) is -1.03. The maximum atomic E-state index is 12.4. The molecule has 8 heteroatoms. The van der Waals surface area contributed by atoms with E-state index in [1.165, 1.54) is 28.6 Å². The van der Waals surface area contributed by atoms with Crippen molar-refractivity contribution in [1.82, 2.24) is 9.62 Å². The molecule has 2 rings (SSSR count). The van der Waals surface area contributed by atoms with Gasteiger partial charge in [-0.2, -0.15) is 4.31 Å². The van der Waals surface area contributed by atoms with E-state index < -0.39 is 16.0 Å². The van der Waals surface area contributed by atoms with E-state index in [-0.39, 0.29) is 29.0 Å². The van der Waals surface area contributed by atoms with Crippen LogP contribution in [0.3, 0.4) is 0 Å². The van der Waals surface area contributed by atoms with Crippen LogP contribution in [0.4, 0.5) is 0 Å². The van der Waals surface area contributed by atoms with Crippen molar-refractivity contribution in [3.63, 3.8) is 0 Å². The highest BCUT2D eigenvalue weighted by Crippen LogP contribution is 2.21. The van der Waals surface area contributed by atoms with Crippen LogP contribution in [0.25, 0.3) is 0 Å². The van der Waals surface area contributed by atoms with Crippen molar-refractivity contribution in [3.8, 4) is 0 Å². The van der Waals surface area contributed by atoms with E-state index >= 15 is 0 Å². The molecule has 0 bridgehead atoms. The number of sulfonamides is 1. The van der Waals surface area contributed by atoms with Gasteiger partial charge in [0.2, 0.25) is 10.0 Å². The second-order valence-electron chi connectivity index (χ2n) is 6.09. The van der Waals surface area contributed by atoms with Crippen molar-refractivity contribution >= 4 is 21.9 Å². The normalized spacial score (nSPS) is 16.4. The van der Waals surface area contributed by atoms with Gasteiger partial charge in [0.25, 0.3) is 5.91 Å². The topological polar surface area (TPSA) is 92.8 Å². The second kappa shape index (κ2) is 8.44. The lowest BCUT2D eigenvalue weighted by Crippen LogP contribution is -2.35. The molecule has 0 saturated carbocycles. The number of esters is 1. The van der Waals surface area contributed by atoms with Crippen LogP contribution in [0.5, 0.6) is 0 Å². The standard InChI is InChI=1S/C17H24N2O5S/c1-3-13(2)18-16(20)12-24-17(21)14-6-8-15(9-7-14)25(22,23)19-10-4-5-11-19/h6-9,13H,3-5,10-12H2,1-2H3,(H,18,20)/t13-/m1/s1. The van der Waals surface area contributed by atoms with Crippen molar-refractivity contribution in [2.75, 3.05) is 19.7 Å². The Bertz CT molecular complexity index is 709. The second-order valence-corrected chi connectivity index (χ2v) is 8.03. The van der Waals surface area contributed by atoms with Crippen LogP contribution in [0, 0.1) is 0 Å². The van der Waals surface area contributed by atoms with Gasteiger partial charge >= 0.3 is 5.97 Å². The number of carbonyl (C=O) groups excluding carboxylic acids is 2. The van der Waals surface area contributed by atoms with E-state index in [0.717, 1.165) is 19.3 Å². The van der Waals surface area contributed by atoms with Crippen LogP contribution in [0.2, 0.25) is 0 Å². The van der Waals surface area contributed by atoms with Gasteiger partial charge in [0.1, 0.15) is 0 Å². The number of amides is 1. The number of nitrogens with zero attached hydrogens (tertiary/aromatic N) is 1. The zero-order chi connectivity index (χ0) is 18.4. The average molecular weight is 368 g/mol. The van der Waals surface area contributed by atoms with Crippen LogP contribution >= 0.6 is 0 Å². The minimum Gasteiger partial charge on any atom is -0.452 e. The van der Waals surface area contributed by atoms with E-state index in [0.29, 0.717) is 13.1 Å². The lowest BCUT2D eigenvalue weighted by molar-refractivity contribution is -0.124. The molecule has 0 radical (unpaired) electrons. The van der Waals surface area contributed by atoms with Crippen molar-refractivity contribution in [2.24, 2.45) is 0 Å². The molecular formula is C17H24N2O5S. The molecule has 25 heavy (non-hydrogen) atoms. The molecule has 138 valence electrons. The van der Waals surface area contributed by atoms with E-state index in [4.69, 9.17) is 4.74 Å². The number of ether oxygens (including phenoxy) is 1. The van der Waals surface area contributed by atoms with E-state index in [1.807, 2.05) is 13.8 Å². The van der Waals surface area contributed by atoms with Gasteiger partial charge in [0.05, 0.1) is 10.5 Å². The molecule has 1 heterocycles. The molecule has 1 N–H and O–H groups in total. The van der Waals surface area contributed by atoms with Gasteiger partial charge in [-0.05, 0) is 50.5 Å². The maximum Gasteiger partial charge on any atom is 0.338 e. The molecule has 0 unspecified atom stereocenters. The summed E-state index contributed by atoms with van der Waals surface area (Å²) < 4.78 is 31.2. The number of hydrogen-bond acceptors (Lipinski definition) is 5. The monoisotopic (exact) mass is 368 g/mol. The zero-order valence-electron chi connectivity index (χ0n) is 14.5. The van der Waals surface area contributed by atoms with Gasteiger partial charge in [-0.1, -0.05) is 6.92 Å². The first-order valence-corrected chi connectivity index (χ1v) is 9.85. The fourth-order valence-electron chi connectivity index (χ4n) is 2.47. The van der Waals surface area contributed by atoms with Gasteiger partial charge in [0.15, 0.2) is 6.61 Å². The maximum absolute atomic E-state index is 12.4. The molecule has 1 amide bonds. The molecule has 1 aliphatic heterocycles. The summed E-state index contributed by atoms with van der Waals surface area (Å²) in [5, 5.41) is 2.70. The average Bonchev–Trinajstić information content (AvgIpc) is 3.15. The predicted octanol–water partition coefficient (Wildman–Crippen LogP) is 1.54. The van der Waals surface area contributed by atoms with E-state index in [1.54, 1.807) is 0 Å². The number of rotatable bonds is 7. The summed E-state index contributed by atoms with van der Waals surface area (Å²) in [5.41, 5.74) is 0.205. The summed E-state index contributed by atoms with van der Waals surface area (Å²) in [7, 11) is -3.51. The number of hydrogen-bond donors (Lipinski definition) is 1. The third kappa shape index (κ3) is 5.02. The van der Waals surface area contributed by atoms with Gasteiger partial charge in [-0.25, -0.2) is 13.2 Å². The van der Waals surface area contributed by atoms with Gasteiger partial charge in [0, 0.05) is 19.1 Å². The quantitative estimate of drug-likeness (QED) is 0.737. The van der Waals surface area contributed by atoms with E-state index in [9.17, 15) is 18.0 Å². The Morgan fingerprint density at radius 1 is 1.20 bits per heavy atom. The minimum atomic E-state index is -3.51. The van der Waals surface area contributed by atoms with Crippen molar-refractivity contribution in [2.45, 2.75) is 44.0 Å². The molecular weight excluding hydrogens is 344 g/mol. The van der Waals surface area contributed by atoms with Crippen molar-refractivity contribution < 1.29 is 22.7 Å². The molecule has 1 atom stereocenters. The summed E-state index contributed by atoms with van der Waals surface area (Å²) in [4.78, 5) is 23.7. The van der Waals surface area contributed by atoms with E-state index in [2.05, 4.69) is 5.32 Å². The highest BCUT2D eigenvalue weighted by atomic mass is 32.2. The Hall–Kier alpha value is -1.93. The smallest absolute Gasteiger partial charge is 0.338 e. The molecule has 1 fully saturated rings. The Kier molecular flexibility index (Phi) is 6.55. The molecule has 1 saturated heterocycles. The summed E-state index contributed by atoms with van der Waals surface area (Å²) in [6, 6.07) is 5.60. The molecule has 1 aromatic rings. The molecule has 0 spiro atoms. The first-order chi connectivity index (χ1) is 11.8. The van der Waals surface area contributed by atoms with Crippen LogP contribution in [-0.2, 0) is 19.6 Å². The van der Waals surface area contributed by atoms with Crippen LogP contribution < -0.4 is 5.32 Å². The first kappa shape index (κ1) is 19.4. The summed E-state index contributed by atoms with van der Waals surface area (Å²) >= 11 is 0. The van der Waals surface area contributed by atoms with Crippen molar-refractivity contribution in [3.05, 3.63) is 29.8 Å². The lowest BCUT2D eigenvalue weighted by atomic mass is 10.2. The Balaban J connectivity index is 1.95. The number of benzene rings is 1.